The van der Waals surface area contributed by atoms with Crippen LogP contribution in [0.15, 0.2) is 36.0 Å². The zero-order valence-electron chi connectivity index (χ0n) is 16.6. The van der Waals surface area contributed by atoms with Gasteiger partial charge in [0.1, 0.15) is 23.0 Å². The smallest absolute Gasteiger partial charge is 0.269 e. The summed E-state index contributed by atoms with van der Waals surface area (Å²) in [6, 6.07) is 7.95. The average Bonchev–Trinajstić information content (AvgIpc) is 3.53. The molecule has 0 unspecified atom stereocenters. The second kappa shape index (κ2) is 8.30. The summed E-state index contributed by atoms with van der Waals surface area (Å²) in [4.78, 5) is 12.4. The number of benzene rings is 2. The lowest BCUT2D eigenvalue weighted by Gasteiger charge is -2.18. The molecule has 6 N–H and O–H groups in total. The molecule has 0 saturated heterocycles. The van der Waals surface area contributed by atoms with Gasteiger partial charge in [-0.25, -0.2) is 4.39 Å². The van der Waals surface area contributed by atoms with Gasteiger partial charge in [0.25, 0.3) is 5.91 Å². The molecule has 0 aromatic heterocycles. The maximum absolute atomic E-state index is 14.9. The van der Waals surface area contributed by atoms with Gasteiger partial charge in [0.15, 0.2) is 0 Å². The third kappa shape index (κ3) is 4.06. The Kier molecular flexibility index (Phi) is 5.81. The van der Waals surface area contributed by atoms with Crippen molar-refractivity contribution >= 4 is 17.3 Å². The maximum atomic E-state index is 14.9. The van der Waals surface area contributed by atoms with E-state index in [0.717, 1.165) is 12.8 Å². The quantitative estimate of drug-likeness (QED) is 0.419. The van der Waals surface area contributed by atoms with Crippen LogP contribution in [0, 0.1) is 5.82 Å². The van der Waals surface area contributed by atoms with Crippen LogP contribution in [0.2, 0.25) is 0 Å². The Morgan fingerprint density at radius 1 is 1.17 bits per heavy atom. The van der Waals surface area contributed by atoms with Crippen molar-refractivity contribution in [2.24, 2.45) is 5.73 Å². The summed E-state index contributed by atoms with van der Waals surface area (Å²) in [6.07, 6.45) is 1.87. The Morgan fingerprint density at radius 3 is 2.48 bits per heavy atom. The fraction of sp³-hybridized carbons (Fsp3) is 0.286. The van der Waals surface area contributed by atoms with Gasteiger partial charge in [-0.3, -0.25) is 4.79 Å². The fourth-order valence-corrected chi connectivity index (χ4v) is 3.11. The molecule has 0 spiro atoms. The topological polar surface area (TPSA) is 112 Å². The molecular weight excluding hydrogens is 375 g/mol. The number of ether oxygens (including phenoxy) is 2. The van der Waals surface area contributed by atoms with Crippen molar-refractivity contribution in [3.63, 3.8) is 0 Å². The molecule has 0 aliphatic heterocycles. The highest BCUT2D eigenvalue weighted by Gasteiger charge is 2.26. The second-order valence-corrected chi connectivity index (χ2v) is 6.74. The van der Waals surface area contributed by atoms with E-state index in [1.54, 1.807) is 25.2 Å². The molecule has 29 heavy (non-hydrogen) atoms. The van der Waals surface area contributed by atoms with E-state index in [2.05, 4.69) is 10.6 Å². The third-order valence-corrected chi connectivity index (χ3v) is 4.82. The first kappa shape index (κ1) is 20.3. The van der Waals surface area contributed by atoms with E-state index < -0.39 is 5.82 Å². The van der Waals surface area contributed by atoms with Gasteiger partial charge >= 0.3 is 0 Å². The van der Waals surface area contributed by atoms with Crippen molar-refractivity contribution in [1.82, 2.24) is 10.6 Å². The minimum atomic E-state index is -0.533. The molecule has 1 saturated carbocycles. The van der Waals surface area contributed by atoms with Gasteiger partial charge in [0, 0.05) is 29.8 Å². The second-order valence-electron chi connectivity index (χ2n) is 6.74. The first-order valence-electron chi connectivity index (χ1n) is 9.20. The fourth-order valence-electron chi connectivity index (χ4n) is 3.11. The Bertz CT molecular complexity index is 971. The van der Waals surface area contributed by atoms with Crippen LogP contribution in [-0.2, 0) is 4.79 Å². The molecule has 1 aliphatic rings. The molecule has 8 heteroatoms. The highest BCUT2D eigenvalue weighted by atomic mass is 19.1. The Balaban J connectivity index is 2.15. The van der Waals surface area contributed by atoms with Crippen molar-refractivity contribution in [3.05, 3.63) is 47.4 Å². The zero-order valence-corrected chi connectivity index (χ0v) is 16.6. The lowest BCUT2D eigenvalue weighted by molar-refractivity contribution is -0.117. The summed E-state index contributed by atoms with van der Waals surface area (Å²) in [6.45, 7) is 0. The molecule has 0 atom stereocenters. The van der Waals surface area contributed by atoms with Crippen LogP contribution in [0.4, 0.5) is 10.1 Å². The number of rotatable bonds is 7. The monoisotopic (exact) mass is 400 g/mol. The van der Waals surface area contributed by atoms with E-state index >= 15 is 0 Å². The number of nitrogens with two attached hydrogens (primary N) is 2. The highest BCUT2D eigenvalue weighted by Crippen LogP contribution is 2.40. The number of halogens is 1. The number of methoxy groups -OCH3 is 2. The van der Waals surface area contributed by atoms with Crippen molar-refractivity contribution in [1.29, 1.82) is 0 Å². The molecule has 0 heterocycles. The molecule has 7 nitrogen and oxygen atoms in total. The molecule has 1 aliphatic carbocycles. The van der Waals surface area contributed by atoms with E-state index in [4.69, 9.17) is 20.9 Å². The van der Waals surface area contributed by atoms with Crippen LogP contribution in [0.25, 0.3) is 16.8 Å². The standard InChI is InChI=1S/C21H25FN4O3/c1-25-20(19(24)21(27)26-11-4-5-11)13-7-8-15(22)17(18(13)23)14-10-12(28-2)6-9-16(14)29-3/h6-11,25H,4-5,23-24H2,1-3H3,(H,26,27)/b20-19+. The number of nitrogen functional groups attached to an aromatic ring is 1. The normalized spacial score (nSPS) is 14.1. The van der Waals surface area contributed by atoms with E-state index in [-0.39, 0.29) is 28.9 Å². The molecule has 0 bridgehead atoms. The van der Waals surface area contributed by atoms with Crippen LogP contribution in [0.5, 0.6) is 11.5 Å². The van der Waals surface area contributed by atoms with E-state index in [0.29, 0.717) is 28.3 Å². The number of nitrogens with one attached hydrogen (secondary N) is 2. The zero-order chi connectivity index (χ0) is 21.1. The summed E-state index contributed by atoms with van der Waals surface area (Å²) >= 11 is 0. The first-order valence-corrected chi connectivity index (χ1v) is 9.20. The maximum Gasteiger partial charge on any atom is 0.269 e. The highest BCUT2D eigenvalue weighted by molar-refractivity contribution is 6.02. The predicted molar refractivity (Wildman–Crippen MR) is 111 cm³/mol. The Hall–Kier alpha value is -3.42. The Labute approximate surface area is 168 Å². The third-order valence-electron chi connectivity index (χ3n) is 4.82. The lowest BCUT2D eigenvalue weighted by Crippen LogP contribution is -2.32. The summed E-state index contributed by atoms with van der Waals surface area (Å²) in [7, 11) is 4.63. The molecular formula is C21H25FN4O3. The van der Waals surface area contributed by atoms with Crippen molar-refractivity contribution in [2.45, 2.75) is 18.9 Å². The van der Waals surface area contributed by atoms with Crippen LogP contribution < -0.4 is 31.6 Å². The number of anilines is 1. The number of hydrogen-bond acceptors (Lipinski definition) is 6. The number of carbonyl (C=O) groups excluding carboxylic acids is 1. The van der Waals surface area contributed by atoms with Gasteiger partial charge in [-0.2, -0.15) is 0 Å². The van der Waals surface area contributed by atoms with E-state index in [9.17, 15) is 9.18 Å². The summed E-state index contributed by atoms with van der Waals surface area (Å²) in [5.74, 6) is 0.0380. The van der Waals surface area contributed by atoms with Crippen molar-refractivity contribution < 1.29 is 18.7 Å². The summed E-state index contributed by atoms with van der Waals surface area (Å²) in [5, 5.41) is 5.75. The van der Waals surface area contributed by atoms with Crippen molar-refractivity contribution in [2.75, 3.05) is 27.0 Å². The minimum absolute atomic E-state index is 0.0127. The molecule has 154 valence electrons. The van der Waals surface area contributed by atoms with E-state index in [1.807, 2.05) is 0 Å². The largest absolute Gasteiger partial charge is 0.497 e. The number of hydrogen-bond donors (Lipinski definition) is 4. The SMILES string of the molecule is CN/C(=C(/N)C(=O)NC1CC1)c1ccc(F)c(-c2cc(OC)ccc2OC)c1N. The van der Waals surface area contributed by atoms with Crippen molar-refractivity contribution in [3.8, 4) is 22.6 Å². The lowest BCUT2D eigenvalue weighted by atomic mass is 9.96. The molecule has 0 radical (unpaired) electrons. The summed E-state index contributed by atoms with van der Waals surface area (Å²) < 4.78 is 25.5. The molecule has 1 fully saturated rings. The van der Waals surface area contributed by atoms with Crippen LogP contribution >= 0.6 is 0 Å². The number of amides is 1. The molecule has 2 aromatic rings. The first-order chi connectivity index (χ1) is 13.9. The van der Waals surface area contributed by atoms with Gasteiger partial charge in [-0.15, -0.1) is 0 Å². The van der Waals surface area contributed by atoms with Gasteiger partial charge in [0.05, 0.1) is 25.6 Å². The average molecular weight is 400 g/mol. The van der Waals surface area contributed by atoms with Gasteiger partial charge in [-0.1, -0.05) is 0 Å². The number of carbonyl (C=O) groups is 1. The van der Waals surface area contributed by atoms with Crippen LogP contribution in [-0.4, -0.2) is 33.2 Å². The van der Waals surface area contributed by atoms with Crippen LogP contribution in [0.1, 0.15) is 18.4 Å². The minimum Gasteiger partial charge on any atom is -0.497 e. The van der Waals surface area contributed by atoms with Gasteiger partial charge in [-0.05, 0) is 43.2 Å². The van der Waals surface area contributed by atoms with Gasteiger partial charge < -0.3 is 31.6 Å². The molecule has 1 amide bonds. The molecule has 2 aromatic carbocycles. The van der Waals surface area contributed by atoms with Gasteiger partial charge in [0.2, 0.25) is 0 Å². The van der Waals surface area contributed by atoms with Crippen LogP contribution in [0.3, 0.4) is 0 Å². The van der Waals surface area contributed by atoms with E-state index in [1.165, 1.54) is 26.4 Å². The molecule has 3 rings (SSSR count). The predicted octanol–water partition coefficient (Wildman–Crippen LogP) is 2.22. The Morgan fingerprint density at radius 2 is 1.90 bits per heavy atom. The summed E-state index contributed by atoms with van der Waals surface area (Å²) in [5.41, 5.74) is 13.9.